The predicted octanol–water partition coefficient (Wildman–Crippen LogP) is 1.68. The molecule has 1 aromatic heterocycles. The molecule has 6 heteroatoms. The van der Waals surface area contributed by atoms with E-state index in [0.717, 1.165) is 39.4 Å². The van der Waals surface area contributed by atoms with Gasteiger partial charge in [0.15, 0.2) is 0 Å². The molecule has 0 aliphatic carbocycles. The van der Waals surface area contributed by atoms with E-state index in [9.17, 15) is 9.90 Å². The molecule has 1 aliphatic rings. The van der Waals surface area contributed by atoms with Crippen LogP contribution in [0.4, 0.5) is 5.82 Å². The summed E-state index contributed by atoms with van der Waals surface area (Å²) in [5, 5.41) is 13.2. The lowest BCUT2D eigenvalue weighted by Crippen LogP contribution is -2.39. The third kappa shape index (κ3) is 3.35. The van der Waals surface area contributed by atoms with Crippen molar-refractivity contribution >= 4 is 22.7 Å². The van der Waals surface area contributed by atoms with E-state index in [1.54, 1.807) is 12.1 Å². The molecule has 0 radical (unpaired) electrons. The SMILES string of the molecule is O=C(O)c1cc(NCCN2CCOCC2)nc2ccccc12. The van der Waals surface area contributed by atoms with Crippen LogP contribution < -0.4 is 5.32 Å². The van der Waals surface area contributed by atoms with Gasteiger partial charge in [-0.15, -0.1) is 0 Å². The number of carboxylic acid groups (broad SMARTS) is 1. The van der Waals surface area contributed by atoms with Crippen LogP contribution in [0.3, 0.4) is 0 Å². The van der Waals surface area contributed by atoms with Crippen LogP contribution in [0.15, 0.2) is 30.3 Å². The molecule has 1 aliphatic heterocycles. The van der Waals surface area contributed by atoms with E-state index in [1.165, 1.54) is 0 Å². The monoisotopic (exact) mass is 301 g/mol. The van der Waals surface area contributed by atoms with Crippen LogP contribution in [0.25, 0.3) is 10.9 Å². The Morgan fingerprint density at radius 2 is 2.09 bits per heavy atom. The molecular weight excluding hydrogens is 282 g/mol. The minimum Gasteiger partial charge on any atom is -0.478 e. The smallest absolute Gasteiger partial charge is 0.336 e. The van der Waals surface area contributed by atoms with Crippen molar-refractivity contribution in [2.45, 2.75) is 0 Å². The number of ether oxygens (including phenoxy) is 1. The van der Waals surface area contributed by atoms with E-state index in [2.05, 4.69) is 15.2 Å². The summed E-state index contributed by atoms with van der Waals surface area (Å²) in [4.78, 5) is 18.2. The van der Waals surface area contributed by atoms with Crippen molar-refractivity contribution in [3.8, 4) is 0 Å². The molecule has 2 aromatic rings. The number of anilines is 1. The Hall–Kier alpha value is -2.18. The average Bonchev–Trinajstić information content (AvgIpc) is 2.55. The highest BCUT2D eigenvalue weighted by Crippen LogP contribution is 2.20. The van der Waals surface area contributed by atoms with E-state index in [1.807, 2.05) is 18.2 Å². The first-order valence-corrected chi connectivity index (χ1v) is 7.41. The van der Waals surface area contributed by atoms with Crippen LogP contribution in [0, 0.1) is 0 Å². The molecular formula is C16H19N3O3. The van der Waals surface area contributed by atoms with Crippen LogP contribution >= 0.6 is 0 Å². The number of carbonyl (C=O) groups is 1. The highest BCUT2D eigenvalue weighted by molar-refractivity contribution is 6.03. The number of pyridine rings is 1. The maximum absolute atomic E-state index is 11.4. The molecule has 116 valence electrons. The summed E-state index contributed by atoms with van der Waals surface area (Å²) in [5.41, 5.74) is 0.968. The number of benzene rings is 1. The molecule has 6 nitrogen and oxygen atoms in total. The first-order chi connectivity index (χ1) is 10.7. The molecule has 0 unspecified atom stereocenters. The zero-order valence-electron chi connectivity index (χ0n) is 12.3. The van der Waals surface area contributed by atoms with Crippen LogP contribution in [-0.2, 0) is 4.74 Å². The number of nitrogens with one attached hydrogen (secondary N) is 1. The number of carboxylic acids is 1. The summed E-state index contributed by atoms with van der Waals surface area (Å²) in [6, 6.07) is 8.89. The van der Waals surface area contributed by atoms with Crippen LogP contribution in [0.5, 0.6) is 0 Å². The van der Waals surface area contributed by atoms with Gasteiger partial charge < -0.3 is 15.2 Å². The van der Waals surface area contributed by atoms with E-state index in [-0.39, 0.29) is 5.56 Å². The summed E-state index contributed by atoms with van der Waals surface area (Å²) in [7, 11) is 0. The first kappa shape index (κ1) is 14.7. The summed E-state index contributed by atoms with van der Waals surface area (Å²) in [6.07, 6.45) is 0. The highest BCUT2D eigenvalue weighted by atomic mass is 16.5. The molecule has 3 rings (SSSR count). The Bertz CT molecular complexity index is 669. The van der Waals surface area contributed by atoms with Crippen LogP contribution in [0.1, 0.15) is 10.4 Å². The summed E-state index contributed by atoms with van der Waals surface area (Å²) in [5.74, 6) is -0.334. The molecule has 2 heterocycles. The lowest BCUT2D eigenvalue weighted by atomic mass is 10.1. The molecule has 2 N–H and O–H groups in total. The van der Waals surface area contributed by atoms with Crippen LogP contribution in [0.2, 0.25) is 0 Å². The molecule has 0 amide bonds. The molecule has 0 bridgehead atoms. The largest absolute Gasteiger partial charge is 0.478 e. The van der Waals surface area contributed by atoms with Gasteiger partial charge in [0, 0.05) is 31.6 Å². The zero-order chi connectivity index (χ0) is 15.4. The third-order valence-electron chi connectivity index (χ3n) is 3.78. The van der Waals surface area contributed by atoms with Gasteiger partial charge in [-0.3, -0.25) is 4.90 Å². The summed E-state index contributed by atoms with van der Waals surface area (Å²) in [6.45, 7) is 5.04. The third-order valence-corrected chi connectivity index (χ3v) is 3.78. The molecule has 22 heavy (non-hydrogen) atoms. The number of morpholine rings is 1. The minimum atomic E-state index is -0.935. The predicted molar refractivity (Wildman–Crippen MR) is 84.5 cm³/mol. The van der Waals surface area contributed by atoms with E-state index < -0.39 is 5.97 Å². The van der Waals surface area contributed by atoms with Gasteiger partial charge in [0.2, 0.25) is 0 Å². The maximum Gasteiger partial charge on any atom is 0.336 e. The van der Waals surface area contributed by atoms with Crippen LogP contribution in [-0.4, -0.2) is 60.4 Å². The van der Waals surface area contributed by atoms with Gasteiger partial charge in [-0.05, 0) is 12.1 Å². The van der Waals surface area contributed by atoms with Gasteiger partial charge in [0.05, 0.1) is 24.3 Å². The van der Waals surface area contributed by atoms with E-state index in [0.29, 0.717) is 16.7 Å². The zero-order valence-corrected chi connectivity index (χ0v) is 12.3. The fourth-order valence-corrected chi connectivity index (χ4v) is 2.61. The van der Waals surface area contributed by atoms with E-state index in [4.69, 9.17) is 4.74 Å². The number of hydrogen-bond donors (Lipinski definition) is 2. The van der Waals surface area contributed by atoms with Gasteiger partial charge in [-0.1, -0.05) is 18.2 Å². The van der Waals surface area contributed by atoms with Crippen molar-refractivity contribution in [2.75, 3.05) is 44.7 Å². The van der Waals surface area contributed by atoms with E-state index >= 15 is 0 Å². The molecule has 1 aromatic carbocycles. The van der Waals surface area contributed by atoms with Crippen molar-refractivity contribution in [3.63, 3.8) is 0 Å². The van der Waals surface area contributed by atoms with Gasteiger partial charge in [0.1, 0.15) is 5.82 Å². The van der Waals surface area contributed by atoms with Crippen molar-refractivity contribution in [2.24, 2.45) is 0 Å². The Morgan fingerprint density at radius 3 is 2.86 bits per heavy atom. The molecule has 1 saturated heterocycles. The Balaban J connectivity index is 1.71. The van der Waals surface area contributed by atoms with Crippen molar-refractivity contribution in [1.29, 1.82) is 0 Å². The second kappa shape index (κ2) is 6.72. The summed E-state index contributed by atoms with van der Waals surface area (Å²) >= 11 is 0. The van der Waals surface area contributed by atoms with Crippen molar-refractivity contribution in [1.82, 2.24) is 9.88 Å². The Kier molecular flexibility index (Phi) is 4.50. The highest BCUT2D eigenvalue weighted by Gasteiger charge is 2.12. The lowest BCUT2D eigenvalue weighted by Gasteiger charge is -2.26. The standard InChI is InChI=1S/C16H19N3O3/c20-16(21)13-11-15(18-14-4-2-1-3-12(13)14)17-5-6-19-7-9-22-10-8-19/h1-4,11H,5-10H2,(H,17,18)(H,20,21). The number of aromatic nitrogens is 1. The Morgan fingerprint density at radius 1 is 1.32 bits per heavy atom. The molecule has 0 atom stereocenters. The second-order valence-corrected chi connectivity index (χ2v) is 5.26. The average molecular weight is 301 g/mol. The maximum atomic E-state index is 11.4. The molecule has 0 saturated carbocycles. The number of rotatable bonds is 5. The van der Waals surface area contributed by atoms with Gasteiger partial charge >= 0.3 is 5.97 Å². The van der Waals surface area contributed by atoms with Gasteiger partial charge in [0.25, 0.3) is 0 Å². The topological polar surface area (TPSA) is 74.7 Å². The number of nitrogens with zero attached hydrogens (tertiary/aromatic N) is 2. The first-order valence-electron chi connectivity index (χ1n) is 7.41. The minimum absolute atomic E-state index is 0.277. The van der Waals surface area contributed by atoms with Crippen molar-refractivity contribution in [3.05, 3.63) is 35.9 Å². The number of aromatic carboxylic acids is 1. The fraction of sp³-hybridized carbons (Fsp3) is 0.375. The van der Waals surface area contributed by atoms with Crippen molar-refractivity contribution < 1.29 is 14.6 Å². The quantitative estimate of drug-likeness (QED) is 0.875. The molecule has 0 spiro atoms. The number of hydrogen-bond acceptors (Lipinski definition) is 5. The summed E-state index contributed by atoms with van der Waals surface area (Å²) < 4.78 is 5.31. The number of para-hydroxylation sites is 1. The Labute approximate surface area is 128 Å². The van der Waals surface area contributed by atoms with Gasteiger partial charge in [-0.2, -0.15) is 0 Å². The van der Waals surface area contributed by atoms with Gasteiger partial charge in [-0.25, -0.2) is 9.78 Å². The lowest BCUT2D eigenvalue weighted by molar-refractivity contribution is 0.0398. The fourth-order valence-electron chi connectivity index (χ4n) is 2.61. The number of fused-ring (bicyclic) bond motifs is 1. The normalized spacial score (nSPS) is 15.8. The molecule has 1 fully saturated rings. The second-order valence-electron chi connectivity index (χ2n) is 5.26.